The summed E-state index contributed by atoms with van der Waals surface area (Å²) in [4.78, 5) is 14.1. The second-order valence-electron chi connectivity index (χ2n) is 4.94. The van der Waals surface area contributed by atoms with E-state index in [9.17, 15) is 4.79 Å². The molecule has 21 heavy (non-hydrogen) atoms. The van der Waals surface area contributed by atoms with Gasteiger partial charge in [0, 0.05) is 24.2 Å². The van der Waals surface area contributed by atoms with Crippen LogP contribution in [0.25, 0.3) is 0 Å². The van der Waals surface area contributed by atoms with Crippen LogP contribution < -0.4 is 4.74 Å². The van der Waals surface area contributed by atoms with Gasteiger partial charge in [-0.05, 0) is 38.1 Å². The van der Waals surface area contributed by atoms with Crippen LogP contribution in [0.2, 0.25) is 5.02 Å². The summed E-state index contributed by atoms with van der Waals surface area (Å²) in [6, 6.07) is 7.11. The first-order valence-corrected chi connectivity index (χ1v) is 6.95. The molecule has 0 atom stereocenters. The topological polar surface area (TPSA) is 42.7 Å². The first-order chi connectivity index (χ1) is 9.92. The molecule has 0 fully saturated rings. The van der Waals surface area contributed by atoms with Crippen LogP contribution in [0.15, 0.2) is 28.7 Å². The van der Waals surface area contributed by atoms with Crippen LogP contribution >= 0.6 is 11.6 Å². The Hall–Kier alpha value is -1.94. The lowest BCUT2D eigenvalue weighted by Crippen LogP contribution is -2.26. The van der Waals surface area contributed by atoms with E-state index in [1.807, 2.05) is 6.92 Å². The molecule has 0 saturated carbocycles. The van der Waals surface area contributed by atoms with Gasteiger partial charge in [0.15, 0.2) is 0 Å². The molecule has 1 aromatic heterocycles. The van der Waals surface area contributed by atoms with Gasteiger partial charge in [0.25, 0.3) is 5.91 Å². The molecule has 1 amide bonds. The highest BCUT2D eigenvalue weighted by atomic mass is 35.5. The zero-order chi connectivity index (χ0) is 15.6. The number of ether oxygens (including phenoxy) is 1. The zero-order valence-electron chi connectivity index (χ0n) is 12.6. The molecule has 0 spiro atoms. The van der Waals surface area contributed by atoms with E-state index in [4.69, 9.17) is 20.8 Å². The minimum atomic E-state index is -0.0913. The number of hydrogen-bond donors (Lipinski definition) is 0. The number of benzene rings is 1. The fraction of sp³-hybridized carbons (Fsp3) is 0.312. The zero-order valence-corrected chi connectivity index (χ0v) is 13.3. The molecular weight excluding hydrogens is 290 g/mol. The van der Waals surface area contributed by atoms with E-state index >= 15 is 0 Å². The molecule has 0 aliphatic carbocycles. The Labute approximate surface area is 129 Å². The third-order valence-electron chi connectivity index (χ3n) is 3.27. The van der Waals surface area contributed by atoms with Crippen LogP contribution in [0.4, 0.5) is 0 Å². The van der Waals surface area contributed by atoms with E-state index in [1.165, 1.54) is 0 Å². The number of aryl methyl sites for hydroxylation is 2. The van der Waals surface area contributed by atoms with Crippen LogP contribution in [0, 0.1) is 13.8 Å². The van der Waals surface area contributed by atoms with E-state index in [0.717, 1.165) is 11.3 Å². The summed E-state index contributed by atoms with van der Waals surface area (Å²) in [6.07, 6.45) is 0. The van der Waals surface area contributed by atoms with Gasteiger partial charge in [-0.15, -0.1) is 0 Å². The maximum atomic E-state index is 12.5. The van der Waals surface area contributed by atoms with Crippen molar-refractivity contribution in [3.05, 3.63) is 51.9 Å². The van der Waals surface area contributed by atoms with E-state index < -0.39 is 0 Å². The molecule has 2 aromatic rings. The van der Waals surface area contributed by atoms with Crippen LogP contribution in [0.3, 0.4) is 0 Å². The molecule has 0 radical (unpaired) electrons. The van der Waals surface area contributed by atoms with Gasteiger partial charge in [0.1, 0.15) is 17.3 Å². The molecule has 4 nitrogen and oxygen atoms in total. The average molecular weight is 308 g/mol. The number of furan rings is 1. The normalized spacial score (nSPS) is 10.5. The van der Waals surface area contributed by atoms with E-state index in [0.29, 0.717) is 28.6 Å². The maximum Gasteiger partial charge on any atom is 0.257 e. The summed E-state index contributed by atoms with van der Waals surface area (Å²) >= 11 is 6.01. The molecule has 0 unspecified atom stereocenters. The molecular formula is C16H18ClNO3. The Morgan fingerprint density at radius 1 is 1.33 bits per heavy atom. The number of rotatable bonds is 4. The highest BCUT2D eigenvalue weighted by molar-refractivity contribution is 6.30. The second-order valence-corrected chi connectivity index (χ2v) is 5.38. The summed E-state index contributed by atoms with van der Waals surface area (Å²) in [7, 11) is 3.34. The van der Waals surface area contributed by atoms with Gasteiger partial charge in [-0.3, -0.25) is 4.79 Å². The Bertz CT molecular complexity index is 664. The summed E-state index contributed by atoms with van der Waals surface area (Å²) in [5.74, 6) is 1.97. The highest BCUT2D eigenvalue weighted by Gasteiger charge is 2.19. The minimum absolute atomic E-state index is 0.0913. The smallest absolute Gasteiger partial charge is 0.257 e. The van der Waals surface area contributed by atoms with Crippen molar-refractivity contribution >= 4 is 17.5 Å². The number of carbonyl (C=O) groups is 1. The van der Waals surface area contributed by atoms with E-state index in [1.54, 1.807) is 50.2 Å². The van der Waals surface area contributed by atoms with Crippen molar-refractivity contribution in [1.82, 2.24) is 4.90 Å². The molecule has 1 heterocycles. The lowest BCUT2D eigenvalue weighted by molar-refractivity contribution is 0.0782. The van der Waals surface area contributed by atoms with Gasteiger partial charge in [-0.1, -0.05) is 11.6 Å². The third-order valence-corrected chi connectivity index (χ3v) is 3.50. The summed E-state index contributed by atoms with van der Waals surface area (Å²) in [6.45, 7) is 4.02. The Balaban J connectivity index is 2.21. The van der Waals surface area contributed by atoms with Gasteiger partial charge >= 0.3 is 0 Å². The monoisotopic (exact) mass is 307 g/mol. The molecule has 0 aliphatic rings. The largest absolute Gasteiger partial charge is 0.496 e. The van der Waals surface area contributed by atoms with Gasteiger partial charge in [0.05, 0.1) is 12.7 Å². The Morgan fingerprint density at radius 3 is 2.62 bits per heavy atom. The molecule has 0 saturated heterocycles. The SMILES string of the molecule is COc1ccc(Cl)cc1CN(C)C(=O)c1cc(C)oc1C. The van der Waals surface area contributed by atoms with Crippen molar-refractivity contribution in [2.45, 2.75) is 20.4 Å². The van der Waals surface area contributed by atoms with Gasteiger partial charge in [-0.25, -0.2) is 0 Å². The van der Waals surface area contributed by atoms with Crippen molar-refractivity contribution in [3.8, 4) is 5.75 Å². The fourth-order valence-corrected chi connectivity index (χ4v) is 2.44. The molecule has 1 aromatic carbocycles. The van der Waals surface area contributed by atoms with Crippen LogP contribution in [-0.4, -0.2) is 25.0 Å². The number of amides is 1. The Kier molecular flexibility index (Phi) is 4.58. The van der Waals surface area contributed by atoms with Crippen LogP contribution in [0.5, 0.6) is 5.75 Å². The quantitative estimate of drug-likeness (QED) is 0.862. The first-order valence-electron chi connectivity index (χ1n) is 6.57. The lowest BCUT2D eigenvalue weighted by atomic mass is 10.1. The standard InChI is InChI=1S/C16H18ClNO3/c1-10-7-14(11(2)21-10)16(19)18(3)9-12-8-13(17)5-6-15(12)20-4/h5-8H,9H2,1-4H3. The highest BCUT2D eigenvalue weighted by Crippen LogP contribution is 2.24. The van der Waals surface area contributed by atoms with Crippen molar-refractivity contribution < 1.29 is 13.9 Å². The first kappa shape index (κ1) is 15.4. The predicted octanol–water partition coefficient (Wildman–Crippen LogP) is 3.83. The molecule has 0 N–H and O–H groups in total. The van der Waals surface area contributed by atoms with Crippen LogP contribution in [0.1, 0.15) is 27.4 Å². The summed E-state index contributed by atoms with van der Waals surface area (Å²) in [5, 5.41) is 0.613. The number of carbonyl (C=O) groups excluding carboxylic acids is 1. The molecule has 0 bridgehead atoms. The third kappa shape index (κ3) is 3.39. The van der Waals surface area contributed by atoms with Gasteiger partial charge < -0.3 is 14.1 Å². The lowest BCUT2D eigenvalue weighted by Gasteiger charge is -2.18. The number of nitrogens with zero attached hydrogens (tertiary/aromatic N) is 1. The minimum Gasteiger partial charge on any atom is -0.496 e. The van der Waals surface area contributed by atoms with E-state index in [2.05, 4.69) is 0 Å². The maximum absolute atomic E-state index is 12.5. The molecule has 5 heteroatoms. The second kappa shape index (κ2) is 6.22. The van der Waals surface area contributed by atoms with Crippen molar-refractivity contribution in [1.29, 1.82) is 0 Å². The van der Waals surface area contributed by atoms with E-state index in [-0.39, 0.29) is 5.91 Å². The summed E-state index contributed by atoms with van der Waals surface area (Å²) < 4.78 is 10.7. The van der Waals surface area contributed by atoms with Gasteiger partial charge in [-0.2, -0.15) is 0 Å². The molecule has 2 rings (SSSR count). The van der Waals surface area contributed by atoms with Crippen molar-refractivity contribution in [3.63, 3.8) is 0 Å². The van der Waals surface area contributed by atoms with Gasteiger partial charge in [0.2, 0.25) is 0 Å². The average Bonchev–Trinajstić information content (AvgIpc) is 2.77. The summed E-state index contributed by atoms with van der Waals surface area (Å²) in [5.41, 5.74) is 1.44. The fourth-order valence-electron chi connectivity index (χ4n) is 2.25. The molecule has 112 valence electrons. The van der Waals surface area contributed by atoms with Crippen LogP contribution in [-0.2, 0) is 6.54 Å². The number of methoxy groups -OCH3 is 1. The molecule has 0 aliphatic heterocycles. The van der Waals surface area contributed by atoms with Crippen molar-refractivity contribution in [2.75, 3.05) is 14.2 Å². The number of hydrogen-bond acceptors (Lipinski definition) is 3. The van der Waals surface area contributed by atoms with Crippen molar-refractivity contribution in [2.24, 2.45) is 0 Å². The Morgan fingerprint density at radius 2 is 2.05 bits per heavy atom. The number of halogens is 1. The predicted molar refractivity (Wildman–Crippen MR) is 82.0 cm³/mol.